The van der Waals surface area contributed by atoms with Crippen molar-refractivity contribution in [2.45, 2.75) is 11.3 Å². The van der Waals surface area contributed by atoms with Gasteiger partial charge in [0.1, 0.15) is 0 Å². The molecule has 0 saturated heterocycles. The van der Waals surface area contributed by atoms with Gasteiger partial charge in [0, 0.05) is 19.0 Å². The number of sulfonamides is 1. The van der Waals surface area contributed by atoms with Crippen molar-refractivity contribution in [2.75, 3.05) is 25.6 Å². The van der Waals surface area contributed by atoms with Crippen LogP contribution in [0.15, 0.2) is 35.2 Å². The molecule has 1 aromatic rings. The van der Waals surface area contributed by atoms with Gasteiger partial charge in [-0.25, -0.2) is 13.1 Å². The van der Waals surface area contributed by atoms with Crippen molar-refractivity contribution in [3.8, 4) is 0 Å². The fourth-order valence-corrected chi connectivity index (χ4v) is 2.42. The lowest BCUT2D eigenvalue weighted by Gasteiger charge is -2.06. The third-order valence-corrected chi connectivity index (χ3v) is 3.66. The van der Waals surface area contributed by atoms with E-state index in [1.165, 1.54) is 0 Å². The Labute approximate surface area is 107 Å². The predicted molar refractivity (Wildman–Crippen MR) is 67.8 cm³/mol. The van der Waals surface area contributed by atoms with Crippen LogP contribution in [0.1, 0.15) is 6.42 Å². The van der Waals surface area contributed by atoms with Gasteiger partial charge in [-0.1, -0.05) is 18.2 Å². The molecule has 17 heavy (non-hydrogen) atoms. The highest BCUT2D eigenvalue weighted by atomic mass is 35.5. The van der Waals surface area contributed by atoms with Crippen LogP contribution in [0.4, 0.5) is 0 Å². The third kappa shape index (κ3) is 5.50. The number of halogens is 1. The summed E-state index contributed by atoms with van der Waals surface area (Å²) in [5.41, 5.74) is 0. The first-order valence-corrected chi connectivity index (χ1v) is 7.37. The summed E-state index contributed by atoms with van der Waals surface area (Å²) in [5, 5.41) is 0. The van der Waals surface area contributed by atoms with Gasteiger partial charge in [0.15, 0.2) is 0 Å². The molecule has 1 aromatic carbocycles. The van der Waals surface area contributed by atoms with Crippen molar-refractivity contribution >= 4 is 21.6 Å². The maximum Gasteiger partial charge on any atom is 0.240 e. The van der Waals surface area contributed by atoms with Crippen molar-refractivity contribution in [3.05, 3.63) is 30.3 Å². The predicted octanol–water partition coefficient (Wildman–Crippen LogP) is 1.61. The zero-order valence-corrected chi connectivity index (χ0v) is 11.0. The van der Waals surface area contributed by atoms with E-state index in [9.17, 15) is 8.42 Å². The van der Waals surface area contributed by atoms with Gasteiger partial charge in [0.25, 0.3) is 0 Å². The summed E-state index contributed by atoms with van der Waals surface area (Å²) in [4.78, 5) is 0.279. The molecule has 0 atom stereocenters. The minimum absolute atomic E-state index is 0.279. The average Bonchev–Trinajstić information content (AvgIpc) is 2.35. The average molecular weight is 278 g/mol. The smallest absolute Gasteiger partial charge is 0.240 e. The largest absolute Gasteiger partial charge is 0.380 e. The number of hydrogen-bond donors (Lipinski definition) is 1. The van der Waals surface area contributed by atoms with Gasteiger partial charge in [-0.3, -0.25) is 0 Å². The number of benzene rings is 1. The molecule has 0 spiro atoms. The summed E-state index contributed by atoms with van der Waals surface area (Å²) in [7, 11) is -3.38. The standard InChI is InChI=1S/C11H16ClNO3S/c12-7-10-16-9-4-8-13-17(14,15)11-5-2-1-3-6-11/h1-3,5-6,13H,4,7-10H2. The van der Waals surface area contributed by atoms with Crippen LogP contribution >= 0.6 is 11.6 Å². The summed E-state index contributed by atoms with van der Waals surface area (Å²) in [6.07, 6.45) is 0.628. The van der Waals surface area contributed by atoms with Crippen LogP contribution < -0.4 is 4.72 Å². The van der Waals surface area contributed by atoms with Gasteiger partial charge in [-0.2, -0.15) is 0 Å². The Balaban J connectivity index is 2.31. The molecular formula is C11H16ClNO3S. The van der Waals surface area contributed by atoms with Gasteiger partial charge in [-0.15, -0.1) is 11.6 Å². The summed E-state index contributed by atoms with van der Waals surface area (Å²) in [5.74, 6) is 0.454. The number of hydrogen-bond acceptors (Lipinski definition) is 3. The Morgan fingerprint density at radius 1 is 1.18 bits per heavy atom. The van der Waals surface area contributed by atoms with E-state index in [2.05, 4.69) is 4.72 Å². The first-order chi connectivity index (χ1) is 8.17. The van der Waals surface area contributed by atoms with Gasteiger partial charge >= 0.3 is 0 Å². The summed E-state index contributed by atoms with van der Waals surface area (Å²) in [6.45, 7) is 1.36. The van der Waals surface area contributed by atoms with E-state index >= 15 is 0 Å². The van der Waals surface area contributed by atoms with Crippen LogP contribution in [-0.2, 0) is 14.8 Å². The molecule has 0 fully saturated rings. The monoisotopic (exact) mass is 277 g/mol. The molecule has 0 aromatic heterocycles. The lowest BCUT2D eigenvalue weighted by molar-refractivity contribution is 0.147. The molecule has 0 bridgehead atoms. The van der Waals surface area contributed by atoms with E-state index < -0.39 is 10.0 Å². The van der Waals surface area contributed by atoms with E-state index in [0.29, 0.717) is 32.1 Å². The fraction of sp³-hybridized carbons (Fsp3) is 0.455. The van der Waals surface area contributed by atoms with Crippen molar-refractivity contribution < 1.29 is 13.2 Å². The summed E-state index contributed by atoms with van der Waals surface area (Å²) < 4.78 is 31.1. The topological polar surface area (TPSA) is 55.4 Å². The Morgan fingerprint density at radius 2 is 1.88 bits per heavy atom. The molecule has 0 aliphatic carbocycles. The molecule has 0 heterocycles. The summed E-state index contributed by atoms with van der Waals surface area (Å²) >= 11 is 5.43. The quantitative estimate of drug-likeness (QED) is 0.580. The number of rotatable bonds is 8. The molecule has 0 saturated carbocycles. The second-order valence-electron chi connectivity index (χ2n) is 3.37. The van der Waals surface area contributed by atoms with E-state index in [-0.39, 0.29) is 4.90 Å². The minimum atomic E-state index is -3.38. The molecule has 0 unspecified atom stereocenters. The van der Waals surface area contributed by atoms with Crippen LogP contribution in [0.25, 0.3) is 0 Å². The van der Waals surface area contributed by atoms with Gasteiger partial charge in [0.2, 0.25) is 10.0 Å². The second kappa shape index (κ2) is 7.66. The van der Waals surface area contributed by atoms with Crippen LogP contribution in [-0.4, -0.2) is 34.1 Å². The Kier molecular flexibility index (Phi) is 6.50. The highest BCUT2D eigenvalue weighted by Gasteiger charge is 2.11. The first-order valence-electron chi connectivity index (χ1n) is 5.35. The number of alkyl halides is 1. The van der Waals surface area contributed by atoms with Gasteiger partial charge in [0.05, 0.1) is 11.5 Å². The molecule has 1 N–H and O–H groups in total. The van der Waals surface area contributed by atoms with Crippen molar-refractivity contribution in [1.82, 2.24) is 4.72 Å². The normalized spacial score (nSPS) is 11.6. The highest BCUT2D eigenvalue weighted by molar-refractivity contribution is 7.89. The minimum Gasteiger partial charge on any atom is -0.380 e. The van der Waals surface area contributed by atoms with E-state index in [1.54, 1.807) is 30.3 Å². The van der Waals surface area contributed by atoms with Crippen LogP contribution in [0.2, 0.25) is 0 Å². The van der Waals surface area contributed by atoms with Crippen LogP contribution in [0.3, 0.4) is 0 Å². The Morgan fingerprint density at radius 3 is 2.53 bits per heavy atom. The van der Waals surface area contributed by atoms with Crippen molar-refractivity contribution in [2.24, 2.45) is 0 Å². The molecule has 0 radical (unpaired) electrons. The van der Waals surface area contributed by atoms with E-state index in [4.69, 9.17) is 16.3 Å². The lowest BCUT2D eigenvalue weighted by atomic mass is 10.4. The maximum atomic E-state index is 11.7. The SMILES string of the molecule is O=S(=O)(NCCCOCCCl)c1ccccc1. The van der Waals surface area contributed by atoms with Gasteiger partial charge in [-0.05, 0) is 18.6 Å². The first kappa shape index (κ1) is 14.4. The molecule has 6 heteroatoms. The van der Waals surface area contributed by atoms with Gasteiger partial charge < -0.3 is 4.74 Å². The van der Waals surface area contributed by atoms with Crippen LogP contribution in [0.5, 0.6) is 0 Å². The zero-order chi connectivity index (χ0) is 12.6. The van der Waals surface area contributed by atoms with Crippen molar-refractivity contribution in [1.29, 1.82) is 0 Å². The van der Waals surface area contributed by atoms with Crippen molar-refractivity contribution in [3.63, 3.8) is 0 Å². The molecule has 1 rings (SSSR count). The second-order valence-corrected chi connectivity index (χ2v) is 5.51. The Bertz CT molecular complexity index is 408. The maximum absolute atomic E-state index is 11.7. The van der Waals surface area contributed by atoms with E-state index in [1.807, 2.05) is 0 Å². The third-order valence-electron chi connectivity index (χ3n) is 2.03. The molecule has 4 nitrogen and oxygen atoms in total. The number of ether oxygens (including phenoxy) is 1. The van der Waals surface area contributed by atoms with Crippen LogP contribution in [0, 0.1) is 0 Å². The molecule has 0 aliphatic heterocycles. The molecular weight excluding hydrogens is 262 g/mol. The molecule has 96 valence electrons. The molecule has 0 amide bonds. The number of nitrogens with one attached hydrogen (secondary N) is 1. The highest BCUT2D eigenvalue weighted by Crippen LogP contribution is 2.06. The lowest BCUT2D eigenvalue weighted by Crippen LogP contribution is -2.25. The molecule has 0 aliphatic rings. The van der Waals surface area contributed by atoms with E-state index in [0.717, 1.165) is 0 Å². The Hall–Kier alpha value is -0.620. The zero-order valence-electron chi connectivity index (χ0n) is 9.43. The fourth-order valence-electron chi connectivity index (χ4n) is 1.22. The summed E-state index contributed by atoms with van der Waals surface area (Å²) in [6, 6.07) is 8.29.